The van der Waals surface area contributed by atoms with E-state index >= 15 is 0 Å². The van der Waals surface area contributed by atoms with E-state index in [2.05, 4.69) is 55.3 Å². The molecule has 0 radical (unpaired) electrons. The molecule has 4 heteroatoms. The quantitative estimate of drug-likeness (QED) is 0.848. The van der Waals surface area contributed by atoms with Gasteiger partial charge >= 0.3 is 0 Å². The minimum atomic E-state index is 0.118. The minimum absolute atomic E-state index is 0.118. The first-order valence-electron chi connectivity index (χ1n) is 5.97. The third kappa shape index (κ3) is 4.84. The van der Waals surface area contributed by atoms with Gasteiger partial charge in [-0.2, -0.15) is 0 Å². The Hall–Kier alpha value is -1.42. The lowest BCUT2D eigenvalue weighted by Gasteiger charge is -2.12. The summed E-state index contributed by atoms with van der Waals surface area (Å²) in [6.45, 7) is 8.48. The van der Waals surface area contributed by atoms with Gasteiger partial charge in [0, 0.05) is 12.5 Å². The van der Waals surface area contributed by atoms with Gasteiger partial charge in [0.25, 0.3) is 0 Å². The van der Waals surface area contributed by atoms with Gasteiger partial charge in [0.2, 0.25) is 5.13 Å². The van der Waals surface area contributed by atoms with Crippen molar-refractivity contribution in [2.75, 3.05) is 12.4 Å². The second-order valence-electron chi connectivity index (χ2n) is 5.07. The summed E-state index contributed by atoms with van der Waals surface area (Å²) >= 11 is 1.61. The Morgan fingerprint density at radius 3 is 1.94 bits per heavy atom. The highest BCUT2D eigenvalue weighted by molar-refractivity contribution is 7.15. The molecule has 0 bridgehead atoms. The van der Waals surface area contributed by atoms with Gasteiger partial charge in [-0.05, 0) is 6.92 Å². The van der Waals surface area contributed by atoms with Crippen LogP contribution >= 0.6 is 11.3 Å². The van der Waals surface area contributed by atoms with Gasteiger partial charge in [0.1, 0.15) is 5.01 Å². The van der Waals surface area contributed by atoms with E-state index in [4.69, 9.17) is 0 Å². The normalized spacial score (nSPS) is 10.5. The Balaban J connectivity index is 0.000000199. The summed E-state index contributed by atoms with van der Waals surface area (Å²) < 4.78 is 0. The van der Waals surface area contributed by atoms with Crippen LogP contribution in [0, 0.1) is 6.92 Å². The molecule has 2 rings (SSSR count). The van der Waals surface area contributed by atoms with Crippen molar-refractivity contribution in [3.8, 4) is 0 Å². The van der Waals surface area contributed by atoms with Crippen LogP contribution < -0.4 is 5.32 Å². The van der Waals surface area contributed by atoms with E-state index in [1.165, 1.54) is 5.56 Å². The second kappa shape index (κ2) is 6.50. The van der Waals surface area contributed by atoms with E-state index in [0.717, 1.165) is 10.1 Å². The predicted molar refractivity (Wildman–Crippen MR) is 79.3 cm³/mol. The number of aryl methyl sites for hydroxylation is 1. The Morgan fingerprint density at radius 1 is 1.06 bits per heavy atom. The van der Waals surface area contributed by atoms with Gasteiger partial charge < -0.3 is 5.32 Å². The molecule has 0 amide bonds. The highest BCUT2D eigenvalue weighted by Crippen LogP contribution is 2.27. The molecular formula is C14H21N3S. The molecule has 18 heavy (non-hydrogen) atoms. The van der Waals surface area contributed by atoms with Crippen LogP contribution in [0.3, 0.4) is 0 Å². The van der Waals surface area contributed by atoms with Crippen LogP contribution in [0.4, 0.5) is 5.13 Å². The molecule has 1 N–H and O–H groups in total. The maximum Gasteiger partial charge on any atom is 0.205 e. The third-order valence-electron chi connectivity index (χ3n) is 2.22. The monoisotopic (exact) mass is 263 g/mol. The number of hydrogen-bond acceptors (Lipinski definition) is 4. The third-order valence-corrected chi connectivity index (χ3v) is 3.59. The lowest BCUT2D eigenvalue weighted by atomic mass is 9.98. The molecule has 0 spiro atoms. The summed E-state index contributed by atoms with van der Waals surface area (Å²) in [5.41, 5.74) is 1.44. The van der Waals surface area contributed by atoms with Crippen LogP contribution in [-0.4, -0.2) is 17.2 Å². The first-order chi connectivity index (χ1) is 8.43. The Labute approximate surface area is 113 Å². The number of benzene rings is 1. The molecule has 2 aromatic rings. The summed E-state index contributed by atoms with van der Waals surface area (Å²) in [7, 11) is 1.85. The number of nitrogens with zero attached hydrogens (tertiary/aromatic N) is 2. The van der Waals surface area contributed by atoms with Crippen LogP contribution in [0.25, 0.3) is 0 Å². The van der Waals surface area contributed by atoms with Crippen LogP contribution in [0.1, 0.15) is 31.3 Å². The molecule has 0 fully saturated rings. The van der Waals surface area contributed by atoms with Crippen molar-refractivity contribution in [2.24, 2.45) is 0 Å². The summed E-state index contributed by atoms with van der Waals surface area (Å²) in [4.78, 5) is 0. The fourth-order valence-electron chi connectivity index (χ4n) is 1.16. The van der Waals surface area contributed by atoms with E-state index in [0.29, 0.717) is 0 Å². The van der Waals surface area contributed by atoms with Gasteiger partial charge in [0.05, 0.1) is 0 Å². The van der Waals surface area contributed by atoms with Crippen molar-refractivity contribution >= 4 is 16.5 Å². The number of aromatic nitrogens is 2. The first-order valence-corrected chi connectivity index (χ1v) is 6.78. The fourth-order valence-corrected chi connectivity index (χ4v) is 1.92. The molecule has 98 valence electrons. The molecule has 1 heterocycles. The van der Waals surface area contributed by atoms with Crippen LogP contribution in [0.15, 0.2) is 30.3 Å². The van der Waals surface area contributed by atoms with Crippen molar-refractivity contribution < 1.29 is 0 Å². The summed E-state index contributed by atoms with van der Waals surface area (Å²) in [5, 5.41) is 12.9. The van der Waals surface area contributed by atoms with Crippen LogP contribution in [0.2, 0.25) is 0 Å². The van der Waals surface area contributed by atoms with E-state index in [9.17, 15) is 0 Å². The second-order valence-corrected chi connectivity index (χ2v) is 6.04. The lowest BCUT2D eigenvalue weighted by molar-refractivity contribution is 0.578. The highest BCUT2D eigenvalue weighted by Gasteiger charge is 2.18. The summed E-state index contributed by atoms with van der Waals surface area (Å²) in [6, 6.07) is 10.3. The maximum atomic E-state index is 4.06. The van der Waals surface area contributed by atoms with Crippen molar-refractivity contribution in [1.29, 1.82) is 0 Å². The molecule has 0 unspecified atom stereocenters. The summed E-state index contributed by atoms with van der Waals surface area (Å²) in [5.74, 6) is 0. The van der Waals surface area contributed by atoms with Crippen molar-refractivity contribution in [2.45, 2.75) is 33.1 Å². The molecule has 0 saturated heterocycles. The van der Waals surface area contributed by atoms with Crippen LogP contribution in [0.5, 0.6) is 0 Å². The molecule has 0 aliphatic heterocycles. The molecule has 0 aliphatic carbocycles. The predicted octanol–water partition coefficient (Wildman–Crippen LogP) is 3.87. The number of hydrogen-bond donors (Lipinski definition) is 1. The van der Waals surface area contributed by atoms with Crippen molar-refractivity contribution in [3.05, 3.63) is 40.9 Å². The molecule has 0 aliphatic rings. The van der Waals surface area contributed by atoms with Crippen LogP contribution in [-0.2, 0) is 5.41 Å². The molecular weight excluding hydrogens is 242 g/mol. The minimum Gasteiger partial charge on any atom is -0.363 e. The average Bonchev–Trinajstić information content (AvgIpc) is 2.79. The lowest BCUT2D eigenvalue weighted by Crippen LogP contribution is -2.10. The standard InChI is InChI=1S/C7H13N3S.C7H8/c1-7(2,3)5-9-10-6(8-4)11-5;1-7-5-3-2-4-6-7/h1-4H3,(H,8,10);2-6H,1H3. The fraction of sp³-hybridized carbons (Fsp3) is 0.429. The number of rotatable bonds is 1. The van der Waals surface area contributed by atoms with E-state index in [1.807, 2.05) is 25.2 Å². The molecule has 1 aromatic carbocycles. The van der Waals surface area contributed by atoms with Gasteiger partial charge in [-0.3, -0.25) is 0 Å². The van der Waals surface area contributed by atoms with Gasteiger partial charge in [-0.25, -0.2) is 0 Å². The zero-order valence-electron chi connectivity index (χ0n) is 11.7. The first kappa shape index (κ1) is 14.6. The Kier molecular flexibility index (Phi) is 5.28. The molecule has 1 aromatic heterocycles. The van der Waals surface area contributed by atoms with Crippen molar-refractivity contribution in [3.63, 3.8) is 0 Å². The van der Waals surface area contributed by atoms with E-state index < -0.39 is 0 Å². The zero-order chi connectivity index (χ0) is 13.6. The molecule has 0 saturated carbocycles. The number of anilines is 1. The topological polar surface area (TPSA) is 37.8 Å². The molecule has 0 atom stereocenters. The average molecular weight is 263 g/mol. The zero-order valence-corrected chi connectivity index (χ0v) is 12.5. The van der Waals surface area contributed by atoms with Gasteiger partial charge in [-0.1, -0.05) is 68.0 Å². The van der Waals surface area contributed by atoms with Crippen molar-refractivity contribution in [1.82, 2.24) is 10.2 Å². The SMILES string of the molecule is CNc1nnc(C(C)(C)C)s1.Cc1ccccc1. The number of nitrogens with one attached hydrogen (secondary N) is 1. The smallest absolute Gasteiger partial charge is 0.205 e. The molecule has 3 nitrogen and oxygen atoms in total. The maximum absolute atomic E-state index is 4.06. The highest BCUT2D eigenvalue weighted by atomic mass is 32.1. The van der Waals surface area contributed by atoms with E-state index in [-0.39, 0.29) is 5.41 Å². The Bertz CT molecular complexity index is 457. The van der Waals surface area contributed by atoms with Gasteiger partial charge in [-0.15, -0.1) is 10.2 Å². The largest absolute Gasteiger partial charge is 0.363 e. The summed E-state index contributed by atoms with van der Waals surface area (Å²) in [6.07, 6.45) is 0. The Morgan fingerprint density at radius 2 is 1.67 bits per heavy atom. The van der Waals surface area contributed by atoms with Gasteiger partial charge in [0.15, 0.2) is 0 Å². The van der Waals surface area contributed by atoms with E-state index in [1.54, 1.807) is 11.3 Å².